The number of hydrogen-bond donors (Lipinski definition) is 0. The van der Waals surface area contributed by atoms with Crippen molar-refractivity contribution in [1.29, 1.82) is 0 Å². The molecule has 23 heavy (non-hydrogen) atoms. The van der Waals surface area contributed by atoms with Crippen LogP contribution in [0.4, 0.5) is 4.39 Å². The van der Waals surface area contributed by atoms with Crippen LogP contribution in [0.15, 0.2) is 24.3 Å². The molecule has 1 heterocycles. The quantitative estimate of drug-likeness (QED) is 0.801. The highest BCUT2D eigenvalue weighted by atomic mass is 19.1. The summed E-state index contributed by atoms with van der Waals surface area (Å²) in [5.74, 6) is -1.11. The van der Waals surface area contributed by atoms with Gasteiger partial charge in [-0.3, -0.25) is 14.4 Å². The van der Waals surface area contributed by atoms with E-state index in [1.807, 2.05) is 0 Å². The monoisotopic (exact) mass is 321 g/mol. The van der Waals surface area contributed by atoms with Gasteiger partial charge in [-0.05, 0) is 24.3 Å². The van der Waals surface area contributed by atoms with Crippen molar-refractivity contribution in [1.82, 2.24) is 14.7 Å². The highest BCUT2D eigenvalue weighted by molar-refractivity contribution is 5.95. The Labute approximate surface area is 134 Å². The van der Waals surface area contributed by atoms with Gasteiger partial charge in [-0.2, -0.15) is 0 Å². The first-order chi connectivity index (χ1) is 10.8. The number of piperazine rings is 1. The van der Waals surface area contributed by atoms with Gasteiger partial charge < -0.3 is 14.7 Å². The molecule has 0 radical (unpaired) electrons. The van der Waals surface area contributed by atoms with Crippen molar-refractivity contribution in [3.8, 4) is 0 Å². The fraction of sp³-hybridized carbons (Fsp3) is 0.438. The van der Waals surface area contributed by atoms with E-state index in [-0.39, 0.29) is 24.3 Å². The molecule has 1 aromatic rings. The normalized spacial score (nSPS) is 17.8. The minimum Gasteiger partial charge on any atom is -0.347 e. The van der Waals surface area contributed by atoms with Crippen LogP contribution in [0.5, 0.6) is 0 Å². The SMILES string of the molecule is CC(=O)N1CCN(C(=O)c2ccc(F)cc2)CC1C(=O)N(C)C. The molecule has 0 saturated carbocycles. The molecule has 0 N–H and O–H groups in total. The molecule has 1 unspecified atom stereocenters. The van der Waals surface area contributed by atoms with Crippen LogP contribution in [0.1, 0.15) is 17.3 Å². The van der Waals surface area contributed by atoms with Gasteiger partial charge in [0.1, 0.15) is 11.9 Å². The van der Waals surface area contributed by atoms with E-state index in [9.17, 15) is 18.8 Å². The fourth-order valence-electron chi connectivity index (χ4n) is 2.63. The molecular formula is C16H20FN3O3. The maximum atomic E-state index is 13.0. The van der Waals surface area contributed by atoms with Gasteiger partial charge in [0.2, 0.25) is 11.8 Å². The molecule has 2 rings (SSSR count). The van der Waals surface area contributed by atoms with Crippen LogP contribution in [0.25, 0.3) is 0 Å². The highest BCUT2D eigenvalue weighted by Gasteiger charge is 2.36. The number of carbonyl (C=O) groups is 3. The molecule has 0 aliphatic carbocycles. The lowest BCUT2D eigenvalue weighted by Gasteiger charge is -2.41. The molecule has 1 aromatic carbocycles. The number of hydrogen-bond acceptors (Lipinski definition) is 3. The molecule has 1 fully saturated rings. The van der Waals surface area contributed by atoms with Gasteiger partial charge in [-0.15, -0.1) is 0 Å². The van der Waals surface area contributed by atoms with Gasteiger partial charge in [0.15, 0.2) is 0 Å². The van der Waals surface area contributed by atoms with Crippen LogP contribution < -0.4 is 0 Å². The second-order valence-corrected chi connectivity index (χ2v) is 5.72. The Hall–Kier alpha value is -2.44. The lowest BCUT2D eigenvalue weighted by molar-refractivity contribution is -0.146. The summed E-state index contributed by atoms with van der Waals surface area (Å²) in [6.45, 7) is 2.18. The summed E-state index contributed by atoms with van der Waals surface area (Å²) in [7, 11) is 3.22. The van der Waals surface area contributed by atoms with Gasteiger partial charge in [0.25, 0.3) is 5.91 Å². The Bertz CT molecular complexity index is 616. The maximum Gasteiger partial charge on any atom is 0.254 e. The van der Waals surface area contributed by atoms with E-state index in [1.54, 1.807) is 14.1 Å². The predicted molar refractivity (Wildman–Crippen MR) is 82.2 cm³/mol. The Balaban J connectivity index is 2.19. The molecule has 1 aliphatic rings. The van der Waals surface area contributed by atoms with Crippen molar-refractivity contribution in [2.24, 2.45) is 0 Å². The lowest BCUT2D eigenvalue weighted by Crippen LogP contribution is -2.61. The summed E-state index contributed by atoms with van der Waals surface area (Å²) in [5.41, 5.74) is 0.360. The minimum absolute atomic E-state index is 0.132. The summed E-state index contributed by atoms with van der Waals surface area (Å²) in [5, 5.41) is 0. The van der Waals surface area contributed by atoms with Gasteiger partial charge >= 0.3 is 0 Å². The van der Waals surface area contributed by atoms with Crippen molar-refractivity contribution in [3.05, 3.63) is 35.6 Å². The standard InChI is InChI=1S/C16H20FN3O3/c1-11(21)20-9-8-19(10-14(20)16(23)18(2)3)15(22)12-4-6-13(17)7-5-12/h4-7,14H,8-10H2,1-3H3. The number of carbonyl (C=O) groups excluding carboxylic acids is 3. The second-order valence-electron chi connectivity index (χ2n) is 5.72. The van der Waals surface area contributed by atoms with Crippen LogP contribution >= 0.6 is 0 Å². The summed E-state index contributed by atoms with van der Waals surface area (Å²) in [6, 6.07) is 4.58. The van der Waals surface area contributed by atoms with E-state index < -0.39 is 11.9 Å². The summed E-state index contributed by atoms with van der Waals surface area (Å²) in [4.78, 5) is 41.0. The molecule has 7 heteroatoms. The van der Waals surface area contributed by atoms with Crippen molar-refractivity contribution < 1.29 is 18.8 Å². The van der Waals surface area contributed by atoms with Crippen LogP contribution in [0, 0.1) is 5.82 Å². The van der Waals surface area contributed by atoms with Crippen LogP contribution in [-0.2, 0) is 9.59 Å². The Morgan fingerprint density at radius 3 is 2.26 bits per heavy atom. The lowest BCUT2D eigenvalue weighted by atomic mass is 10.1. The zero-order chi connectivity index (χ0) is 17.1. The number of amides is 3. The molecule has 3 amide bonds. The van der Waals surface area contributed by atoms with E-state index in [1.165, 1.54) is 45.9 Å². The van der Waals surface area contributed by atoms with E-state index in [0.29, 0.717) is 18.7 Å². The van der Waals surface area contributed by atoms with Gasteiger partial charge in [-0.1, -0.05) is 0 Å². The first kappa shape index (κ1) is 16.9. The number of benzene rings is 1. The van der Waals surface area contributed by atoms with Crippen molar-refractivity contribution in [2.45, 2.75) is 13.0 Å². The predicted octanol–water partition coefficient (Wildman–Crippen LogP) is 0.587. The summed E-state index contributed by atoms with van der Waals surface area (Å²) in [6.07, 6.45) is 0. The molecule has 124 valence electrons. The first-order valence-electron chi connectivity index (χ1n) is 7.34. The Morgan fingerprint density at radius 2 is 1.74 bits per heavy atom. The smallest absolute Gasteiger partial charge is 0.254 e. The zero-order valence-electron chi connectivity index (χ0n) is 13.5. The maximum absolute atomic E-state index is 13.0. The number of likely N-dealkylation sites (N-methyl/N-ethyl adjacent to an activating group) is 1. The molecule has 1 atom stereocenters. The second kappa shape index (κ2) is 6.76. The third kappa shape index (κ3) is 3.67. The highest BCUT2D eigenvalue weighted by Crippen LogP contribution is 2.15. The van der Waals surface area contributed by atoms with Crippen molar-refractivity contribution in [2.75, 3.05) is 33.7 Å². The third-order valence-electron chi connectivity index (χ3n) is 3.89. The molecule has 6 nitrogen and oxygen atoms in total. The van der Waals surface area contributed by atoms with Crippen LogP contribution in [0.3, 0.4) is 0 Å². The molecule has 0 aromatic heterocycles. The summed E-state index contributed by atoms with van der Waals surface area (Å²) >= 11 is 0. The molecule has 1 saturated heterocycles. The van der Waals surface area contributed by atoms with E-state index in [2.05, 4.69) is 0 Å². The topological polar surface area (TPSA) is 60.9 Å². The van der Waals surface area contributed by atoms with Gasteiger partial charge in [0, 0.05) is 39.7 Å². The van der Waals surface area contributed by atoms with Gasteiger partial charge in [-0.25, -0.2) is 4.39 Å². The number of halogens is 1. The number of rotatable bonds is 2. The van der Waals surface area contributed by atoms with Crippen molar-refractivity contribution >= 4 is 17.7 Å². The zero-order valence-corrected chi connectivity index (χ0v) is 13.5. The summed E-state index contributed by atoms with van der Waals surface area (Å²) < 4.78 is 13.0. The Kier molecular flexibility index (Phi) is 4.98. The number of nitrogens with zero attached hydrogens (tertiary/aromatic N) is 3. The van der Waals surface area contributed by atoms with Crippen molar-refractivity contribution in [3.63, 3.8) is 0 Å². The van der Waals surface area contributed by atoms with Gasteiger partial charge in [0.05, 0.1) is 6.54 Å². The van der Waals surface area contributed by atoms with Crippen LogP contribution in [0.2, 0.25) is 0 Å². The van der Waals surface area contributed by atoms with E-state index in [0.717, 1.165) is 0 Å². The van der Waals surface area contributed by atoms with Crippen LogP contribution in [-0.4, -0.2) is 72.2 Å². The molecular weight excluding hydrogens is 301 g/mol. The molecule has 0 bridgehead atoms. The minimum atomic E-state index is -0.694. The Morgan fingerprint density at radius 1 is 1.13 bits per heavy atom. The third-order valence-corrected chi connectivity index (χ3v) is 3.89. The average Bonchev–Trinajstić information content (AvgIpc) is 2.53. The molecule has 0 spiro atoms. The first-order valence-corrected chi connectivity index (χ1v) is 7.34. The van der Waals surface area contributed by atoms with E-state index >= 15 is 0 Å². The molecule has 1 aliphatic heterocycles. The largest absolute Gasteiger partial charge is 0.347 e. The fourth-order valence-corrected chi connectivity index (χ4v) is 2.63. The van der Waals surface area contributed by atoms with E-state index in [4.69, 9.17) is 0 Å². The average molecular weight is 321 g/mol.